The molecule has 0 saturated carbocycles. The van der Waals surface area contributed by atoms with Gasteiger partial charge in [0.15, 0.2) is 0 Å². The second-order valence-electron chi connectivity index (χ2n) is 4.95. The molecule has 6 nitrogen and oxygen atoms in total. The van der Waals surface area contributed by atoms with Crippen molar-refractivity contribution < 1.29 is 9.21 Å². The van der Waals surface area contributed by atoms with Gasteiger partial charge in [0.05, 0.1) is 5.54 Å². The standard InChI is InChI=1S/C13H16N4O2/c1-8-4-5-9(11-17-15-7-19-11)6-10(8)16-12(18)13(2,3)14/h4-7H,14H2,1-3H3,(H,16,18). The lowest BCUT2D eigenvalue weighted by molar-refractivity contribution is -0.120. The third-order valence-corrected chi connectivity index (χ3v) is 2.68. The summed E-state index contributed by atoms with van der Waals surface area (Å²) in [5.41, 5.74) is 7.17. The minimum absolute atomic E-state index is 0.252. The van der Waals surface area contributed by atoms with Crippen molar-refractivity contribution >= 4 is 11.6 Å². The zero-order valence-electron chi connectivity index (χ0n) is 11.1. The van der Waals surface area contributed by atoms with E-state index >= 15 is 0 Å². The first-order valence-electron chi connectivity index (χ1n) is 5.85. The van der Waals surface area contributed by atoms with Crippen molar-refractivity contribution in [3.8, 4) is 11.5 Å². The Kier molecular flexibility index (Phi) is 3.35. The van der Waals surface area contributed by atoms with Crippen LogP contribution in [0.15, 0.2) is 29.0 Å². The van der Waals surface area contributed by atoms with Crippen molar-refractivity contribution in [1.82, 2.24) is 10.2 Å². The van der Waals surface area contributed by atoms with E-state index in [2.05, 4.69) is 15.5 Å². The number of amides is 1. The highest BCUT2D eigenvalue weighted by atomic mass is 16.4. The molecule has 0 aliphatic heterocycles. The Morgan fingerprint density at radius 1 is 1.42 bits per heavy atom. The molecule has 0 aliphatic carbocycles. The maximum atomic E-state index is 11.9. The van der Waals surface area contributed by atoms with Gasteiger partial charge in [-0.3, -0.25) is 4.79 Å². The van der Waals surface area contributed by atoms with Crippen LogP contribution in [0.25, 0.3) is 11.5 Å². The molecule has 0 spiro atoms. The fourth-order valence-electron chi connectivity index (χ4n) is 1.47. The van der Waals surface area contributed by atoms with Crippen LogP contribution < -0.4 is 11.1 Å². The van der Waals surface area contributed by atoms with Crippen molar-refractivity contribution in [2.45, 2.75) is 26.3 Å². The molecule has 1 amide bonds. The number of carbonyl (C=O) groups is 1. The maximum absolute atomic E-state index is 11.9. The van der Waals surface area contributed by atoms with Gasteiger partial charge in [-0.05, 0) is 38.5 Å². The summed E-state index contributed by atoms with van der Waals surface area (Å²) in [5.74, 6) is 0.154. The van der Waals surface area contributed by atoms with Gasteiger partial charge >= 0.3 is 0 Å². The van der Waals surface area contributed by atoms with Gasteiger partial charge in [0.25, 0.3) is 0 Å². The first-order valence-corrected chi connectivity index (χ1v) is 5.85. The molecular weight excluding hydrogens is 244 g/mol. The van der Waals surface area contributed by atoms with Crippen LogP contribution in [0.2, 0.25) is 0 Å². The number of rotatable bonds is 3. The lowest BCUT2D eigenvalue weighted by Gasteiger charge is -2.19. The number of benzene rings is 1. The molecule has 0 radical (unpaired) electrons. The molecule has 0 atom stereocenters. The monoisotopic (exact) mass is 260 g/mol. The zero-order chi connectivity index (χ0) is 14.0. The van der Waals surface area contributed by atoms with Crippen molar-refractivity contribution in [3.05, 3.63) is 30.2 Å². The molecule has 0 aliphatic rings. The van der Waals surface area contributed by atoms with Gasteiger partial charge in [-0.25, -0.2) is 0 Å². The lowest BCUT2D eigenvalue weighted by Crippen LogP contribution is -2.45. The van der Waals surface area contributed by atoms with Crippen molar-refractivity contribution in [2.24, 2.45) is 5.73 Å². The fraction of sp³-hybridized carbons (Fsp3) is 0.308. The average molecular weight is 260 g/mol. The number of anilines is 1. The Bertz CT molecular complexity index is 585. The summed E-state index contributed by atoms with van der Waals surface area (Å²) in [4.78, 5) is 11.9. The number of aromatic nitrogens is 2. The van der Waals surface area contributed by atoms with Gasteiger partial charge in [-0.1, -0.05) is 6.07 Å². The normalized spacial score (nSPS) is 11.4. The summed E-state index contributed by atoms with van der Waals surface area (Å²) in [6, 6.07) is 5.51. The molecule has 0 saturated heterocycles. The van der Waals surface area contributed by atoms with Crippen LogP contribution in [0.3, 0.4) is 0 Å². The van der Waals surface area contributed by atoms with Crippen molar-refractivity contribution in [2.75, 3.05) is 5.32 Å². The molecule has 1 aromatic carbocycles. The number of hydrogen-bond donors (Lipinski definition) is 2. The van der Waals surface area contributed by atoms with Gasteiger partial charge in [0.2, 0.25) is 18.2 Å². The smallest absolute Gasteiger partial charge is 0.247 e. The van der Waals surface area contributed by atoms with Gasteiger partial charge in [-0.15, -0.1) is 10.2 Å². The lowest BCUT2D eigenvalue weighted by atomic mass is 10.0. The molecule has 100 valence electrons. The van der Waals surface area contributed by atoms with Crippen molar-refractivity contribution in [3.63, 3.8) is 0 Å². The quantitative estimate of drug-likeness (QED) is 0.876. The van der Waals surface area contributed by atoms with Gasteiger partial charge in [-0.2, -0.15) is 0 Å². The predicted octanol–water partition coefficient (Wildman–Crippen LogP) is 1.72. The van der Waals surface area contributed by atoms with E-state index in [4.69, 9.17) is 10.2 Å². The van der Waals surface area contributed by atoms with Crippen molar-refractivity contribution in [1.29, 1.82) is 0 Å². The van der Waals surface area contributed by atoms with Crippen LogP contribution >= 0.6 is 0 Å². The Morgan fingerprint density at radius 2 is 2.16 bits per heavy atom. The van der Waals surface area contributed by atoms with Gasteiger partial charge in [0, 0.05) is 11.3 Å². The third-order valence-electron chi connectivity index (χ3n) is 2.68. The molecule has 6 heteroatoms. The number of nitrogens with one attached hydrogen (secondary N) is 1. The largest absolute Gasteiger partial charge is 0.423 e. The van der Waals surface area contributed by atoms with E-state index in [-0.39, 0.29) is 5.91 Å². The first kappa shape index (κ1) is 13.2. The topological polar surface area (TPSA) is 94.0 Å². The van der Waals surface area contributed by atoms with E-state index in [9.17, 15) is 4.79 Å². The summed E-state index contributed by atoms with van der Waals surface area (Å²) in [7, 11) is 0. The molecule has 19 heavy (non-hydrogen) atoms. The van der Waals surface area contributed by atoms with E-state index in [0.717, 1.165) is 11.1 Å². The van der Waals surface area contributed by atoms with Crippen LogP contribution in [0, 0.1) is 6.92 Å². The Labute approximate surface area is 111 Å². The number of nitrogens with two attached hydrogens (primary N) is 1. The van der Waals surface area contributed by atoms with Crippen LogP contribution in [0.1, 0.15) is 19.4 Å². The van der Waals surface area contributed by atoms with Crippen LogP contribution in [-0.4, -0.2) is 21.6 Å². The summed E-state index contributed by atoms with van der Waals surface area (Å²) < 4.78 is 5.13. The third kappa shape index (κ3) is 2.97. The van der Waals surface area contributed by atoms with Gasteiger partial charge < -0.3 is 15.5 Å². The number of nitrogens with zero attached hydrogens (tertiary/aromatic N) is 2. The second kappa shape index (κ2) is 4.81. The maximum Gasteiger partial charge on any atom is 0.247 e. The Balaban J connectivity index is 2.31. The number of aryl methyl sites for hydroxylation is 1. The highest BCUT2D eigenvalue weighted by Gasteiger charge is 2.22. The van der Waals surface area contributed by atoms with E-state index in [0.29, 0.717) is 11.6 Å². The fourth-order valence-corrected chi connectivity index (χ4v) is 1.47. The molecule has 0 unspecified atom stereocenters. The SMILES string of the molecule is Cc1ccc(-c2nnco2)cc1NC(=O)C(C)(C)N. The summed E-state index contributed by atoms with van der Waals surface area (Å²) in [6.07, 6.45) is 1.26. The van der Waals surface area contributed by atoms with E-state index < -0.39 is 5.54 Å². The summed E-state index contributed by atoms with van der Waals surface area (Å²) >= 11 is 0. The second-order valence-corrected chi connectivity index (χ2v) is 4.95. The highest BCUT2D eigenvalue weighted by Crippen LogP contribution is 2.24. The molecular formula is C13H16N4O2. The molecule has 0 bridgehead atoms. The van der Waals surface area contributed by atoms with Gasteiger partial charge in [0.1, 0.15) is 0 Å². The van der Waals surface area contributed by atoms with Crippen LogP contribution in [0.5, 0.6) is 0 Å². The predicted molar refractivity (Wildman–Crippen MR) is 71.4 cm³/mol. The van der Waals surface area contributed by atoms with Crippen LogP contribution in [0.4, 0.5) is 5.69 Å². The molecule has 1 heterocycles. The summed E-state index contributed by atoms with van der Waals surface area (Å²) in [6.45, 7) is 5.20. The Hall–Kier alpha value is -2.21. The zero-order valence-corrected chi connectivity index (χ0v) is 11.1. The van der Waals surface area contributed by atoms with E-state index in [1.165, 1.54) is 6.39 Å². The molecule has 1 aromatic heterocycles. The molecule has 2 aromatic rings. The molecule has 0 fully saturated rings. The van der Waals surface area contributed by atoms with Crippen LogP contribution in [-0.2, 0) is 4.79 Å². The first-order chi connectivity index (χ1) is 8.88. The number of hydrogen-bond acceptors (Lipinski definition) is 5. The Morgan fingerprint density at radius 3 is 2.74 bits per heavy atom. The summed E-state index contributed by atoms with van der Waals surface area (Å²) in [5, 5.41) is 10.3. The molecule has 2 rings (SSSR count). The highest BCUT2D eigenvalue weighted by molar-refractivity contribution is 5.98. The number of carbonyl (C=O) groups excluding carboxylic acids is 1. The minimum Gasteiger partial charge on any atom is -0.423 e. The average Bonchev–Trinajstić information content (AvgIpc) is 2.84. The molecule has 3 N–H and O–H groups in total. The van der Waals surface area contributed by atoms with E-state index in [1.807, 2.05) is 19.1 Å². The minimum atomic E-state index is -0.938. The van der Waals surface area contributed by atoms with E-state index in [1.54, 1.807) is 19.9 Å².